The van der Waals surface area contributed by atoms with Gasteiger partial charge < -0.3 is 20.0 Å². The van der Waals surface area contributed by atoms with E-state index in [-0.39, 0.29) is 18.4 Å². The Balaban J connectivity index is 1.98. The summed E-state index contributed by atoms with van der Waals surface area (Å²) in [5.74, 6) is 0.306. The second kappa shape index (κ2) is 5.10. The molecular formula is C15H17N5O2. The van der Waals surface area contributed by atoms with Gasteiger partial charge >= 0.3 is 0 Å². The third-order valence-corrected chi connectivity index (χ3v) is 4.14. The number of carbonyl (C=O) groups excluding carboxylic acids is 1. The molecule has 3 aromatic rings. The highest BCUT2D eigenvalue weighted by molar-refractivity contribution is 6.01. The Morgan fingerprint density at radius 1 is 1.55 bits per heavy atom. The lowest BCUT2D eigenvalue weighted by Crippen LogP contribution is -2.25. The summed E-state index contributed by atoms with van der Waals surface area (Å²) in [6, 6.07) is 2.16. The Kier molecular flexibility index (Phi) is 3.07. The minimum Gasteiger partial charge on any atom is -0.379 e. The number of nitrogens with one attached hydrogen (secondary N) is 1. The van der Waals surface area contributed by atoms with Crippen LogP contribution in [0, 0.1) is 0 Å². The molecule has 7 nitrogen and oxygen atoms in total. The van der Waals surface area contributed by atoms with Crippen LogP contribution >= 0.6 is 0 Å². The summed E-state index contributed by atoms with van der Waals surface area (Å²) in [5.41, 5.74) is 7.99. The van der Waals surface area contributed by atoms with E-state index in [1.807, 2.05) is 12.3 Å². The van der Waals surface area contributed by atoms with Gasteiger partial charge in [-0.25, -0.2) is 9.97 Å². The highest BCUT2D eigenvalue weighted by atomic mass is 16.5. The lowest BCUT2D eigenvalue weighted by molar-refractivity contribution is -0.117. The van der Waals surface area contributed by atoms with E-state index >= 15 is 0 Å². The van der Waals surface area contributed by atoms with E-state index in [9.17, 15) is 4.79 Å². The number of ether oxygens (including phenoxy) is 1. The van der Waals surface area contributed by atoms with Crippen LogP contribution in [0.5, 0.6) is 0 Å². The van der Waals surface area contributed by atoms with Crippen LogP contribution in [0.4, 0.5) is 0 Å². The molecule has 3 N–H and O–H groups in total. The zero-order valence-electron chi connectivity index (χ0n) is 12.1. The van der Waals surface area contributed by atoms with Crippen molar-refractivity contribution in [1.29, 1.82) is 0 Å². The van der Waals surface area contributed by atoms with Crippen molar-refractivity contribution < 1.29 is 9.53 Å². The first-order valence-corrected chi connectivity index (χ1v) is 7.43. The Labute approximate surface area is 126 Å². The van der Waals surface area contributed by atoms with Crippen LogP contribution in [0.15, 0.2) is 18.5 Å². The van der Waals surface area contributed by atoms with Crippen LogP contribution in [-0.2, 0) is 16.0 Å². The fraction of sp³-hybridized carbons (Fsp3) is 0.400. The second-order valence-corrected chi connectivity index (χ2v) is 5.64. The lowest BCUT2D eigenvalue weighted by Gasteiger charge is -2.25. The third-order valence-electron chi connectivity index (χ3n) is 4.14. The monoisotopic (exact) mass is 299 g/mol. The van der Waals surface area contributed by atoms with Gasteiger partial charge in [-0.3, -0.25) is 4.79 Å². The predicted octanol–water partition coefficient (Wildman–Crippen LogP) is 1.29. The molecule has 0 aliphatic carbocycles. The fourth-order valence-corrected chi connectivity index (χ4v) is 3.24. The molecule has 0 spiro atoms. The van der Waals surface area contributed by atoms with Crippen LogP contribution in [0.3, 0.4) is 0 Å². The van der Waals surface area contributed by atoms with E-state index in [4.69, 9.17) is 10.5 Å². The summed E-state index contributed by atoms with van der Waals surface area (Å²) in [5, 5.41) is 1.01. The molecular weight excluding hydrogens is 282 g/mol. The molecule has 7 heteroatoms. The largest absolute Gasteiger partial charge is 0.379 e. The molecule has 3 aromatic heterocycles. The number of H-pyrrole nitrogens is 1. The van der Waals surface area contributed by atoms with Crippen LogP contribution in [0.25, 0.3) is 22.1 Å². The highest BCUT2D eigenvalue weighted by Gasteiger charge is 2.24. The third kappa shape index (κ3) is 2.05. The number of amides is 1. The average Bonchev–Trinajstić information content (AvgIpc) is 3.10. The van der Waals surface area contributed by atoms with Gasteiger partial charge in [0, 0.05) is 18.2 Å². The Hall–Kier alpha value is -2.41. The van der Waals surface area contributed by atoms with E-state index in [0.29, 0.717) is 12.4 Å². The second-order valence-electron chi connectivity index (χ2n) is 5.64. The molecule has 0 aromatic carbocycles. The normalized spacial score (nSPS) is 19.0. The summed E-state index contributed by atoms with van der Waals surface area (Å²) >= 11 is 0. The minimum atomic E-state index is -0.383. The number of carbonyl (C=O) groups is 1. The number of pyridine rings is 1. The first kappa shape index (κ1) is 13.3. The van der Waals surface area contributed by atoms with Crippen molar-refractivity contribution in [2.24, 2.45) is 5.73 Å². The number of rotatable bonds is 3. The van der Waals surface area contributed by atoms with E-state index in [1.54, 1.807) is 6.20 Å². The quantitative estimate of drug-likeness (QED) is 0.761. The van der Waals surface area contributed by atoms with Crippen molar-refractivity contribution in [3.8, 4) is 0 Å². The summed E-state index contributed by atoms with van der Waals surface area (Å²) in [6.45, 7) is 1.42. The van der Waals surface area contributed by atoms with Gasteiger partial charge in [0.15, 0.2) is 0 Å². The number of aromatic amines is 1. The minimum absolute atomic E-state index is 0.122. The van der Waals surface area contributed by atoms with Crippen molar-refractivity contribution in [2.75, 3.05) is 13.2 Å². The van der Waals surface area contributed by atoms with Gasteiger partial charge in [-0.1, -0.05) is 0 Å². The molecule has 114 valence electrons. The van der Waals surface area contributed by atoms with E-state index in [1.165, 1.54) is 0 Å². The standard InChI is InChI=1S/C15H17N5O2/c16-12(21)6-13-19-11-7-18-15-10(3-4-17-15)14(11)20(13)9-2-1-5-22-8-9/h3-4,7,9H,1-2,5-6,8H2,(H2,16,21)(H,17,18). The SMILES string of the molecule is NC(=O)Cc1nc2cnc3[nH]ccc3c2n1C1CCCOC1. The number of aromatic nitrogens is 4. The van der Waals surface area contributed by atoms with Crippen LogP contribution in [0.2, 0.25) is 0 Å². The first-order chi connectivity index (χ1) is 10.7. The molecule has 1 aliphatic rings. The number of imidazole rings is 1. The number of hydrogen-bond donors (Lipinski definition) is 2. The molecule has 1 aliphatic heterocycles. The topological polar surface area (TPSA) is 98.8 Å². The zero-order valence-corrected chi connectivity index (χ0v) is 12.1. The number of nitrogens with two attached hydrogens (primary N) is 1. The van der Waals surface area contributed by atoms with E-state index in [0.717, 1.165) is 41.5 Å². The molecule has 4 heterocycles. The molecule has 0 bridgehead atoms. The van der Waals surface area contributed by atoms with Gasteiger partial charge in [0.05, 0.1) is 30.8 Å². The molecule has 1 amide bonds. The van der Waals surface area contributed by atoms with E-state index < -0.39 is 0 Å². The molecule has 4 rings (SSSR count). The van der Waals surface area contributed by atoms with Gasteiger partial charge in [0.25, 0.3) is 0 Å². The van der Waals surface area contributed by atoms with Crippen LogP contribution < -0.4 is 5.73 Å². The molecule has 1 unspecified atom stereocenters. The molecule has 1 fully saturated rings. The molecule has 0 saturated carbocycles. The molecule has 1 saturated heterocycles. The molecule has 1 atom stereocenters. The van der Waals surface area contributed by atoms with Crippen molar-refractivity contribution in [3.05, 3.63) is 24.3 Å². The predicted molar refractivity (Wildman–Crippen MR) is 81.4 cm³/mol. The number of hydrogen-bond acceptors (Lipinski definition) is 4. The van der Waals surface area contributed by atoms with Gasteiger partial charge in [0.1, 0.15) is 17.0 Å². The summed E-state index contributed by atoms with van der Waals surface area (Å²) in [4.78, 5) is 23.5. The number of primary amides is 1. The lowest BCUT2D eigenvalue weighted by atomic mass is 10.1. The van der Waals surface area contributed by atoms with Crippen LogP contribution in [0.1, 0.15) is 24.7 Å². The Morgan fingerprint density at radius 2 is 2.45 bits per heavy atom. The van der Waals surface area contributed by atoms with Gasteiger partial charge in [-0.05, 0) is 18.9 Å². The highest BCUT2D eigenvalue weighted by Crippen LogP contribution is 2.30. The maximum Gasteiger partial charge on any atom is 0.225 e. The van der Waals surface area contributed by atoms with Crippen LogP contribution in [-0.4, -0.2) is 38.6 Å². The zero-order chi connectivity index (χ0) is 15.1. The fourth-order valence-electron chi connectivity index (χ4n) is 3.24. The van der Waals surface area contributed by atoms with Gasteiger partial charge in [-0.2, -0.15) is 0 Å². The summed E-state index contributed by atoms with van der Waals surface area (Å²) < 4.78 is 7.74. The smallest absolute Gasteiger partial charge is 0.225 e. The van der Waals surface area contributed by atoms with Crippen molar-refractivity contribution in [2.45, 2.75) is 25.3 Å². The van der Waals surface area contributed by atoms with Crippen molar-refractivity contribution in [1.82, 2.24) is 19.5 Å². The Morgan fingerprint density at radius 3 is 3.23 bits per heavy atom. The molecule has 0 radical (unpaired) electrons. The Bertz CT molecular complexity index is 844. The van der Waals surface area contributed by atoms with E-state index in [2.05, 4.69) is 19.5 Å². The molecule has 22 heavy (non-hydrogen) atoms. The first-order valence-electron chi connectivity index (χ1n) is 7.43. The summed E-state index contributed by atoms with van der Waals surface area (Å²) in [7, 11) is 0. The maximum atomic E-state index is 11.4. The average molecular weight is 299 g/mol. The maximum absolute atomic E-state index is 11.4. The summed E-state index contributed by atoms with van der Waals surface area (Å²) in [6.07, 6.45) is 5.72. The van der Waals surface area contributed by atoms with Gasteiger partial charge in [0.2, 0.25) is 5.91 Å². The van der Waals surface area contributed by atoms with Crippen molar-refractivity contribution >= 4 is 28.0 Å². The number of fused-ring (bicyclic) bond motifs is 3. The van der Waals surface area contributed by atoms with Crippen molar-refractivity contribution in [3.63, 3.8) is 0 Å². The number of nitrogens with zero attached hydrogens (tertiary/aromatic N) is 3. The van der Waals surface area contributed by atoms with Gasteiger partial charge in [-0.15, -0.1) is 0 Å².